The Hall–Kier alpha value is -12.0. The molecular formula is C132H178F2N14. The molecule has 7 heterocycles. The average Bonchev–Trinajstić information content (AvgIpc) is 0.839. The van der Waals surface area contributed by atoms with Gasteiger partial charge in [0.2, 0.25) is 0 Å². The fourth-order valence-electron chi connectivity index (χ4n) is 18.7. The predicted octanol–water partition coefficient (Wildman–Crippen LogP) is 34.2. The lowest BCUT2D eigenvalue weighted by Crippen LogP contribution is -2.10. The molecule has 0 aliphatic carbocycles. The van der Waals surface area contributed by atoms with Gasteiger partial charge in [0.1, 0.15) is 11.6 Å². The van der Waals surface area contributed by atoms with Crippen molar-refractivity contribution in [3.05, 3.63) is 406 Å². The second kappa shape index (κ2) is 57.7. The number of benzene rings is 7. The summed E-state index contributed by atoms with van der Waals surface area (Å²) in [4.78, 5) is 0. The van der Waals surface area contributed by atoms with Gasteiger partial charge in [-0.25, -0.2) is 8.78 Å². The summed E-state index contributed by atoms with van der Waals surface area (Å²) in [6, 6.07) is 61.0. The van der Waals surface area contributed by atoms with Gasteiger partial charge in [0.05, 0.1) is 79.7 Å². The van der Waals surface area contributed by atoms with E-state index in [1.54, 1.807) is 24.3 Å². The van der Waals surface area contributed by atoms with Crippen molar-refractivity contribution < 1.29 is 8.78 Å². The molecule has 16 heteroatoms. The molecule has 0 saturated heterocycles. The molecule has 0 amide bonds. The first-order valence-corrected chi connectivity index (χ1v) is 54.5. The van der Waals surface area contributed by atoms with Crippen molar-refractivity contribution in [2.45, 2.75) is 411 Å². The van der Waals surface area contributed by atoms with Crippen molar-refractivity contribution in [1.29, 1.82) is 0 Å². The summed E-state index contributed by atoms with van der Waals surface area (Å²) >= 11 is 0. The number of aryl methyl sites for hydroxylation is 10. The van der Waals surface area contributed by atoms with E-state index >= 15 is 0 Å². The van der Waals surface area contributed by atoms with Gasteiger partial charge >= 0.3 is 0 Å². The monoisotopic (exact) mass is 2000 g/mol. The van der Waals surface area contributed by atoms with Gasteiger partial charge in [0.25, 0.3) is 0 Å². The SMILES string of the molecule is CC[C@@H](Cc1nnc(C(C)C)c(C)c1C)c1ccc(C)cc1.CC[C@@H](Cc1nnc(C(C)C)cc1C)c1ccc(C)cc1.Cc1cc(F)cc([C@@H](C)Cc2nnc(C(C)C)c(C)c2C)c1.Cc1cc(F)cc([C@@H](C)Cc2nnc(C(C)C)cc2C)c1.Cc1ccc([C@@H](C)Cc2nnc(C(C)C)c(C)c2C)cc1.Cc1ccc([C@@H](C)Cc2nnc(C(C)C)c(C)c2C)cc1.Cc1ccc([C@@H](C)Cc2nnc(C(C)C)cc2C)cc1. The molecule has 7 aromatic carbocycles. The minimum absolute atomic E-state index is 0.170. The molecule has 0 aliphatic heterocycles. The normalized spacial score (nSPS) is 12.7. The van der Waals surface area contributed by atoms with Crippen LogP contribution >= 0.6 is 0 Å². The summed E-state index contributed by atoms with van der Waals surface area (Å²) in [6.07, 6.45) is 8.57. The summed E-state index contributed by atoms with van der Waals surface area (Å²) in [6.45, 7) is 83.7. The highest BCUT2D eigenvalue weighted by molar-refractivity contribution is 5.41. The summed E-state index contributed by atoms with van der Waals surface area (Å²) < 4.78 is 27.1. The molecule has 14 aromatic rings. The van der Waals surface area contributed by atoms with Gasteiger partial charge < -0.3 is 0 Å². The fourth-order valence-corrected chi connectivity index (χ4v) is 18.7. The van der Waals surface area contributed by atoms with Crippen LogP contribution in [0.15, 0.2) is 176 Å². The lowest BCUT2D eigenvalue weighted by molar-refractivity contribution is 0.617. The topological polar surface area (TPSA) is 180 Å². The van der Waals surface area contributed by atoms with E-state index in [9.17, 15) is 8.78 Å². The van der Waals surface area contributed by atoms with E-state index < -0.39 is 0 Å². The first-order chi connectivity index (χ1) is 69.9. The van der Waals surface area contributed by atoms with Crippen LogP contribution in [0, 0.1) is 136 Å². The van der Waals surface area contributed by atoms with Crippen molar-refractivity contribution in [1.82, 2.24) is 71.4 Å². The van der Waals surface area contributed by atoms with Gasteiger partial charge in [-0.05, 0) is 419 Å². The van der Waals surface area contributed by atoms with Crippen molar-refractivity contribution in [2.24, 2.45) is 0 Å². The van der Waals surface area contributed by atoms with Crippen LogP contribution in [-0.4, -0.2) is 71.4 Å². The minimum Gasteiger partial charge on any atom is -0.207 e. The second-order valence-electron chi connectivity index (χ2n) is 44.7. The summed E-state index contributed by atoms with van der Waals surface area (Å²) in [5.41, 5.74) is 46.6. The van der Waals surface area contributed by atoms with Crippen LogP contribution in [-0.2, 0) is 44.9 Å². The van der Waals surface area contributed by atoms with Crippen LogP contribution < -0.4 is 0 Å². The number of rotatable bonds is 30. The number of hydrogen-bond donors (Lipinski definition) is 0. The Kier molecular flexibility index (Phi) is 47.2. The summed E-state index contributed by atoms with van der Waals surface area (Å²) in [5.74, 6) is 5.43. The maximum atomic E-state index is 13.6. The van der Waals surface area contributed by atoms with Crippen LogP contribution in [0.2, 0.25) is 0 Å². The number of halogens is 2. The Labute approximate surface area is 891 Å². The zero-order chi connectivity index (χ0) is 110. The fraction of sp³-hybridized carbons (Fsp3) is 0.470. The Morgan fingerprint density at radius 1 is 0.182 bits per heavy atom. The van der Waals surface area contributed by atoms with E-state index in [0.717, 1.165) is 165 Å². The van der Waals surface area contributed by atoms with E-state index in [2.05, 4.69) is 467 Å². The van der Waals surface area contributed by atoms with Gasteiger partial charge in [-0.15, -0.1) is 0 Å². The van der Waals surface area contributed by atoms with Crippen molar-refractivity contribution in [2.75, 3.05) is 0 Å². The molecular weight excluding hydrogens is 1820 g/mol. The Balaban J connectivity index is 0.000000210. The van der Waals surface area contributed by atoms with Gasteiger partial charge in [-0.3, -0.25) is 0 Å². The van der Waals surface area contributed by atoms with Crippen molar-refractivity contribution >= 4 is 0 Å². The van der Waals surface area contributed by atoms with Crippen molar-refractivity contribution in [3.63, 3.8) is 0 Å². The molecule has 790 valence electrons. The standard InChI is InChI=1S/C20H28N2.C19H25FN2.3C19H26N2.C18H23FN2.C18H24N2/c1-7-17(18-10-8-14(4)9-11-18)12-19-15(5)16(6)20(13(2)3)22-21-19;1-11(2)19-15(6)14(5)18(21-22-19)9-13(4)16-7-12(3)8-17(20)10-16;2*1-12(2)19-16(6)15(5)18(20-21-19)11-14(4)17-9-7-13(3)8-10-17;1-6-16(17-9-7-14(4)8-10-17)12-19-15(5)11-18(13(2)3)20-21-19;1-11(2)17-9-14(5)18(21-20-17)8-13(4)15-6-12(3)7-16(19)10-15;1-12(2)17-11-15(5)18(20-19-17)10-14(4)16-8-6-13(3)7-9-16/h8-11,13,17H,7,12H2,1-6H3;7-8,10-11,13H,9H2,1-6H3;2*7-10,12,14H,11H2,1-6H3;7-11,13,16H,6,12H2,1-5H3;6-7,9-11,13H,8H2,1-5H3;6-9,11-12,14H,10H2,1-5H3/t17-;13-;2*14-;16-;13-;14-/m0000000/s1. The highest BCUT2D eigenvalue weighted by atomic mass is 19.1. The molecule has 0 spiro atoms. The largest absolute Gasteiger partial charge is 0.207 e. The van der Waals surface area contributed by atoms with E-state index in [4.69, 9.17) is 0 Å². The van der Waals surface area contributed by atoms with E-state index in [1.165, 1.54) is 111 Å². The third kappa shape index (κ3) is 35.9. The number of hydrogen-bond acceptors (Lipinski definition) is 14. The number of aromatic nitrogens is 14. The summed E-state index contributed by atoms with van der Waals surface area (Å²) in [7, 11) is 0. The maximum Gasteiger partial charge on any atom is 0.123 e. The van der Waals surface area contributed by atoms with Gasteiger partial charge in [-0.2, -0.15) is 71.4 Å². The van der Waals surface area contributed by atoms with Crippen LogP contribution in [0.3, 0.4) is 0 Å². The number of nitrogens with zero attached hydrogens (tertiary/aromatic N) is 14. The molecule has 148 heavy (non-hydrogen) atoms. The quantitative estimate of drug-likeness (QED) is 0.0415. The first-order valence-electron chi connectivity index (χ1n) is 54.5. The van der Waals surface area contributed by atoms with Gasteiger partial charge in [0, 0.05) is 0 Å². The Morgan fingerprint density at radius 2 is 0.378 bits per heavy atom. The third-order valence-corrected chi connectivity index (χ3v) is 29.6. The third-order valence-electron chi connectivity index (χ3n) is 29.6. The van der Waals surface area contributed by atoms with E-state index in [-0.39, 0.29) is 23.5 Å². The molecule has 14 rings (SSSR count). The first kappa shape index (κ1) is 121. The highest BCUT2D eigenvalue weighted by Gasteiger charge is 2.25. The lowest BCUT2D eigenvalue weighted by atomic mass is 9.89. The lowest BCUT2D eigenvalue weighted by Gasteiger charge is -2.18. The van der Waals surface area contributed by atoms with Gasteiger partial charge in [-0.1, -0.05) is 307 Å². The zero-order valence-corrected chi connectivity index (χ0v) is 97.7. The minimum atomic E-state index is -0.171. The van der Waals surface area contributed by atoms with E-state index in [0.29, 0.717) is 71.0 Å². The molecule has 0 aliphatic rings. The maximum absolute atomic E-state index is 13.6. The van der Waals surface area contributed by atoms with Crippen LogP contribution in [0.25, 0.3) is 0 Å². The van der Waals surface area contributed by atoms with Crippen molar-refractivity contribution in [3.8, 4) is 0 Å². The summed E-state index contributed by atoms with van der Waals surface area (Å²) in [5, 5.41) is 62.0. The molecule has 0 bridgehead atoms. The highest BCUT2D eigenvalue weighted by Crippen LogP contribution is 2.36. The molecule has 0 saturated carbocycles. The van der Waals surface area contributed by atoms with Crippen LogP contribution in [0.4, 0.5) is 8.78 Å². The molecule has 7 atom stereocenters. The predicted molar refractivity (Wildman–Crippen MR) is 617 cm³/mol. The molecule has 0 radical (unpaired) electrons. The van der Waals surface area contributed by atoms with Crippen LogP contribution in [0.1, 0.15) is 460 Å². The average molecular weight is 2000 g/mol. The van der Waals surface area contributed by atoms with Crippen LogP contribution in [0.5, 0.6) is 0 Å². The van der Waals surface area contributed by atoms with E-state index in [1.807, 2.05) is 26.0 Å². The second-order valence-corrected chi connectivity index (χ2v) is 44.7. The zero-order valence-electron chi connectivity index (χ0n) is 97.7. The molecule has 0 fully saturated rings. The van der Waals surface area contributed by atoms with Gasteiger partial charge in [0.15, 0.2) is 0 Å². The Bertz CT molecular complexity index is 6380. The molecule has 0 N–H and O–H groups in total. The molecule has 0 unspecified atom stereocenters. The molecule has 14 nitrogen and oxygen atoms in total. The Morgan fingerprint density at radius 3 is 0.588 bits per heavy atom. The smallest absolute Gasteiger partial charge is 0.123 e. The molecule has 7 aromatic heterocycles.